The number of aromatic nitrogens is 2. The first-order chi connectivity index (χ1) is 9.76. The van der Waals surface area contributed by atoms with Gasteiger partial charge in [0.05, 0.1) is 20.6 Å². The second kappa shape index (κ2) is 5.83. The normalized spacial score (nSPS) is 12.6. The van der Waals surface area contributed by atoms with Crippen molar-refractivity contribution in [1.82, 2.24) is 9.78 Å². The van der Waals surface area contributed by atoms with Gasteiger partial charge < -0.3 is 10.9 Å². The molecule has 0 amide bonds. The fraction of sp³-hybridized carbons (Fsp3) is 0.111. The second-order valence-electron chi connectivity index (χ2n) is 3.81. The monoisotopic (exact) mass is 413 g/mol. The molecule has 2 heterocycles. The average Bonchev–Trinajstić information content (AvgIpc) is 2.94. The van der Waals surface area contributed by atoms with Crippen LogP contribution in [0.2, 0.25) is 5.02 Å². The number of hydrogen-bond acceptors (Lipinski definition) is 6. The van der Waals surface area contributed by atoms with Crippen LogP contribution < -0.4 is 10.5 Å². The third kappa shape index (κ3) is 3.15. The smallest absolute Gasteiger partial charge is 0.272 e. The number of anilines is 1. The first-order valence-corrected chi connectivity index (χ1v) is 8.71. The molecular weight excluding hydrogens is 406 g/mol. The van der Waals surface area contributed by atoms with Gasteiger partial charge in [-0.1, -0.05) is 16.8 Å². The van der Waals surface area contributed by atoms with Crippen LogP contribution in [0.5, 0.6) is 0 Å². The van der Waals surface area contributed by atoms with Crippen molar-refractivity contribution < 1.29 is 13.6 Å². The van der Waals surface area contributed by atoms with E-state index in [1.165, 1.54) is 24.0 Å². The van der Waals surface area contributed by atoms with E-state index in [2.05, 4.69) is 30.9 Å². The van der Waals surface area contributed by atoms with Crippen molar-refractivity contribution in [1.29, 1.82) is 0 Å². The maximum absolute atomic E-state index is 12.3. The number of aryl methyl sites for hydroxylation is 1. The van der Waals surface area contributed by atoms with Crippen molar-refractivity contribution in [3.63, 3.8) is 0 Å². The average molecular weight is 415 g/mol. The topological polar surface area (TPSA) is 123 Å². The first kappa shape index (κ1) is 16.1. The Morgan fingerprint density at radius 2 is 2.33 bits per heavy atom. The van der Waals surface area contributed by atoms with Gasteiger partial charge in [-0.15, -0.1) is 11.3 Å². The summed E-state index contributed by atoms with van der Waals surface area (Å²) in [5, 5.41) is 15.7. The number of nitrogens with one attached hydrogen (secondary N) is 1. The van der Waals surface area contributed by atoms with E-state index in [0.29, 0.717) is 8.81 Å². The van der Waals surface area contributed by atoms with Crippen LogP contribution >= 0.6 is 38.9 Å². The third-order valence-electron chi connectivity index (χ3n) is 2.44. The molecule has 0 aliphatic heterocycles. The van der Waals surface area contributed by atoms with Crippen molar-refractivity contribution >= 4 is 60.5 Å². The van der Waals surface area contributed by atoms with Gasteiger partial charge in [-0.25, -0.2) is 8.42 Å². The molecule has 0 aliphatic carbocycles. The molecule has 0 atom stereocenters. The van der Waals surface area contributed by atoms with E-state index in [4.69, 9.17) is 22.5 Å². The molecule has 0 saturated carbocycles. The van der Waals surface area contributed by atoms with Gasteiger partial charge >= 0.3 is 0 Å². The van der Waals surface area contributed by atoms with Crippen molar-refractivity contribution in [3.8, 4) is 0 Å². The molecule has 21 heavy (non-hydrogen) atoms. The van der Waals surface area contributed by atoms with E-state index < -0.39 is 10.0 Å². The van der Waals surface area contributed by atoms with Crippen LogP contribution in [0.25, 0.3) is 0 Å². The molecule has 0 spiro atoms. The zero-order chi connectivity index (χ0) is 15.8. The van der Waals surface area contributed by atoms with E-state index in [-0.39, 0.29) is 21.4 Å². The summed E-state index contributed by atoms with van der Waals surface area (Å²) in [4.78, 5) is 0. The van der Waals surface area contributed by atoms with Gasteiger partial charge in [0.25, 0.3) is 10.0 Å². The van der Waals surface area contributed by atoms with E-state index >= 15 is 0 Å². The Hall–Kier alpha value is -1.30. The molecule has 2 aromatic heterocycles. The molecule has 0 aliphatic rings. The van der Waals surface area contributed by atoms with Crippen LogP contribution in [0.3, 0.4) is 0 Å². The predicted molar refractivity (Wildman–Crippen MR) is 83.6 cm³/mol. The molecule has 0 saturated heterocycles. The van der Waals surface area contributed by atoms with Crippen LogP contribution in [-0.2, 0) is 17.1 Å². The third-order valence-corrected chi connectivity index (χ3v) is 6.73. The molecule has 0 unspecified atom stereocenters. The Bertz CT molecular complexity index is 794. The van der Waals surface area contributed by atoms with Crippen LogP contribution in [0.1, 0.15) is 5.56 Å². The number of oxime groups is 1. The minimum Gasteiger partial charge on any atom is -0.409 e. The number of thiophene rings is 1. The Balaban J connectivity index is 2.44. The van der Waals surface area contributed by atoms with Crippen molar-refractivity contribution in [2.24, 2.45) is 17.9 Å². The minimum absolute atomic E-state index is 0.0195. The van der Waals surface area contributed by atoms with Gasteiger partial charge in [-0.2, -0.15) is 5.10 Å². The lowest BCUT2D eigenvalue weighted by Crippen LogP contribution is -2.19. The molecule has 12 heteroatoms. The van der Waals surface area contributed by atoms with Crippen LogP contribution in [0.15, 0.2) is 25.4 Å². The number of rotatable bonds is 4. The molecule has 114 valence electrons. The summed E-state index contributed by atoms with van der Waals surface area (Å²) in [5.41, 5.74) is 5.64. The van der Waals surface area contributed by atoms with E-state index in [1.54, 1.807) is 0 Å². The quantitative estimate of drug-likeness (QED) is 0.305. The highest BCUT2D eigenvalue weighted by molar-refractivity contribution is 9.11. The Kier molecular flexibility index (Phi) is 4.46. The highest BCUT2D eigenvalue weighted by atomic mass is 79.9. The number of hydrogen-bond donors (Lipinski definition) is 3. The number of amidine groups is 1. The van der Waals surface area contributed by atoms with Gasteiger partial charge in [0.2, 0.25) is 0 Å². The summed E-state index contributed by atoms with van der Waals surface area (Å²) in [6.45, 7) is 0. The number of nitrogens with two attached hydrogens (primary N) is 1. The summed E-state index contributed by atoms with van der Waals surface area (Å²) in [7, 11) is -2.35. The molecule has 4 N–H and O–H groups in total. The molecular formula is C9H9BrClN5O3S2. The lowest BCUT2D eigenvalue weighted by Gasteiger charge is -2.08. The molecule has 8 nitrogen and oxygen atoms in total. The number of nitrogens with zero attached hydrogens (tertiary/aromatic N) is 3. The van der Waals surface area contributed by atoms with E-state index in [9.17, 15) is 8.42 Å². The van der Waals surface area contributed by atoms with Gasteiger partial charge in [0, 0.05) is 7.05 Å². The highest BCUT2D eigenvalue weighted by Gasteiger charge is 2.23. The van der Waals surface area contributed by atoms with Gasteiger partial charge in [-0.05, 0) is 22.0 Å². The molecule has 0 aromatic carbocycles. The molecule has 0 radical (unpaired) electrons. The number of sulfonamides is 1. The fourth-order valence-corrected chi connectivity index (χ4v) is 4.94. The fourth-order valence-electron chi connectivity index (χ4n) is 1.44. The second-order valence-corrected chi connectivity index (χ2v) is 8.49. The Morgan fingerprint density at radius 3 is 2.86 bits per heavy atom. The molecule has 2 rings (SSSR count). The van der Waals surface area contributed by atoms with Crippen LogP contribution in [0.4, 0.5) is 5.82 Å². The van der Waals surface area contributed by atoms with Crippen LogP contribution in [0, 0.1) is 0 Å². The Morgan fingerprint density at radius 1 is 1.67 bits per heavy atom. The van der Waals surface area contributed by atoms with Gasteiger partial charge in [0.1, 0.15) is 10.0 Å². The van der Waals surface area contributed by atoms with Crippen molar-refractivity contribution in [2.75, 3.05) is 4.72 Å². The summed E-state index contributed by atoms with van der Waals surface area (Å²) in [5.74, 6) is -0.183. The molecule has 2 aromatic rings. The summed E-state index contributed by atoms with van der Waals surface area (Å²) >= 11 is 9.95. The van der Waals surface area contributed by atoms with Crippen LogP contribution in [-0.4, -0.2) is 29.2 Å². The zero-order valence-electron chi connectivity index (χ0n) is 10.4. The van der Waals surface area contributed by atoms with Crippen molar-refractivity contribution in [2.45, 2.75) is 4.21 Å². The summed E-state index contributed by atoms with van der Waals surface area (Å²) in [6, 6.07) is 1.32. The molecule has 0 fully saturated rings. The maximum atomic E-state index is 12.3. The largest absolute Gasteiger partial charge is 0.409 e. The van der Waals surface area contributed by atoms with Gasteiger partial charge in [-0.3, -0.25) is 9.40 Å². The van der Waals surface area contributed by atoms with Gasteiger partial charge in [0.15, 0.2) is 5.84 Å². The van der Waals surface area contributed by atoms with E-state index in [0.717, 1.165) is 11.3 Å². The van der Waals surface area contributed by atoms with Crippen molar-refractivity contribution in [3.05, 3.63) is 26.6 Å². The zero-order valence-corrected chi connectivity index (χ0v) is 14.4. The predicted octanol–water partition coefficient (Wildman–Crippen LogP) is 1.79. The maximum Gasteiger partial charge on any atom is 0.272 e. The summed E-state index contributed by atoms with van der Waals surface area (Å²) in [6.07, 6.45) is 1.28. The molecule has 0 bridgehead atoms. The minimum atomic E-state index is -3.87. The first-order valence-electron chi connectivity index (χ1n) is 5.24. The highest BCUT2D eigenvalue weighted by Crippen LogP contribution is 2.35. The SMILES string of the molecule is Cn1ncc(C(N)=NO)c1NS(=O)(=O)c1cc(Cl)c(Br)s1. The summed E-state index contributed by atoms with van der Waals surface area (Å²) < 4.78 is 28.8. The van der Waals surface area contributed by atoms with E-state index in [1.807, 2.05) is 0 Å². The standard InChI is InChI=1S/C9H9BrClN5O3S2/c1-16-9(4(3-13-16)8(12)14-17)15-21(18,19)6-2-5(11)7(10)20-6/h2-3,15,17H,1H3,(H2,12,14). The lowest BCUT2D eigenvalue weighted by molar-refractivity contribution is 0.318. The number of halogens is 2. The Labute approximate surface area is 137 Å². The lowest BCUT2D eigenvalue weighted by atomic mass is 10.3.